The lowest BCUT2D eigenvalue weighted by atomic mass is 10.2. The van der Waals surface area contributed by atoms with Gasteiger partial charge in [0.2, 0.25) is 5.91 Å². The number of nitrogens with one attached hydrogen (secondary N) is 1. The van der Waals surface area contributed by atoms with E-state index in [1.54, 1.807) is 13.0 Å². The van der Waals surface area contributed by atoms with Gasteiger partial charge in [0, 0.05) is 11.0 Å². The fraction of sp³-hybridized carbons (Fsp3) is 0.176. The monoisotopic (exact) mass is 390 g/mol. The van der Waals surface area contributed by atoms with Crippen LogP contribution in [-0.2, 0) is 11.3 Å². The van der Waals surface area contributed by atoms with E-state index < -0.39 is 6.04 Å². The highest BCUT2D eigenvalue weighted by Gasteiger charge is 2.19. The van der Waals surface area contributed by atoms with Crippen molar-refractivity contribution in [2.24, 2.45) is 0 Å². The highest BCUT2D eigenvalue weighted by atomic mass is 79.9. The number of fused-ring (bicyclic) bond motifs is 1. The third-order valence-electron chi connectivity index (χ3n) is 3.60. The second kappa shape index (κ2) is 6.68. The Morgan fingerprint density at radius 2 is 2.04 bits per heavy atom. The van der Waals surface area contributed by atoms with E-state index in [-0.39, 0.29) is 11.5 Å². The van der Waals surface area contributed by atoms with E-state index in [2.05, 4.69) is 21.2 Å². The van der Waals surface area contributed by atoms with Crippen LogP contribution in [0.1, 0.15) is 18.5 Å². The number of benzene rings is 2. The minimum Gasteiger partial charge on any atom is -0.350 e. The molecule has 0 saturated heterocycles. The first-order valence-electron chi connectivity index (χ1n) is 7.19. The molecule has 0 radical (unpaired) electrons. The minimum atomic E-state index is -0.535. The van der Waals surface area contributed by atoms with Gasteiger partial charge in [0.15, 0.2) is 0 Å². The fourth-order valence-corrected chi connectivity index (χ4v) is 3.82. The smallest absolute Gasteiger partial charge is 0.269 e. The fourth-order valence-electron chi connectivity index (χ4n) is 2.33. The summed E-state index contributed by atoms with van der Waals surface area (Å²) < 4.78 is 3.39. The maximum Gasteiger partial charge on any atom is 0.269 e. The van der Waals surface area contributed by atoms with E-state index in [1.165, 1.54) is 15.5 Å². The Labute approximate surface area is 146 Å². The lowest BCUT2D eigenvalue weighted by molar-refractivity contribution is -0.123. The molecular weight excluding hydrogens is 376 g/mol. The van der Waals surface area contributed by atoms with Gasteiger partial charge in [0.1, 0.15) is 6.04 Å². The predicted octanol–water partition coefficient (Wildman–Crippen LogP) is 3.70. The molecule has 0 spiro atoms. The van der Waals surface area contributed by atoms with Crippen LogP contribution in [0.3, 0.4) is 0 Å². The average Bonchev–Trinajstić information content (AvgIpc) is 2.89. The van der Waals surface area contributed by atoms with E-state index in [0.29, 0.717) is 11.9 Å². The normalized spacial score (nSPS) is 12.3. The molecule has 23 heavy (non-hydrogen) atoms. The largest absolute Gasteiger partial charge is 0.350 e. The second-order valence-electron chi connectivity index (χ2n) is 5.24. The summed E-state index contributed by atoms with van der Waals surface area (Å²) in [6, 6.07) is 14.6. The van der Waals surface area contributed by atoms with Gasteiger partial charge in [-0.2, -0.15) is 0 Å². The van der Waals surface area contributed by atoms with Crippen molar-refractivity contribution in [1.82, 2.24) is 9.27 Å². The summed E-state index contributed by atoms with van der Waals surface area (Å²) in [6.45, 7) is 2.18. The van der Waals surface area contributed by atoms with Crippen LogP contribution in [0.5, 0.6) is 0 Å². The van der Waals surface area contributed by atoms with Crippen LogP contribution in [0, 0.1) is 0 Å². The number of halogens is 1. The number of rotatable bonds is 4. The Kier molecular flexibility index (Phi) is 4.63. The molecule has 4 nitrogen and oxygen atoms in total. The standard InChI is InChI=1S/C17H15BrN2O2S/c1-11(16(21)19-10-12-5-4-6-13(18)9-12)20-17(22)14-7-2-3-8-15(14)23-20/h2-9,11H,10H2,1H3,(H,19,21). The van der Waals surface area contributed by atoms with Crippen molar-refractivity contribution < 1.29 is 4.79 Å². The molecule has 1 N–H and O–H groups in total. The van der Waals surface area contributed by atoms with Crippen molar-refractivity contribution in [2.75, 3.05) is 0 Å². The van der Waals surface area contributed by atoms with Gasteiger partial charge < -0.3 is 5.32 Å². The third-order valence-corrected chi connectivity index (χ3v) is 5.33. The molecule has 0 saturated carbocycles. The molecular formula is C17H15BrN2O2S. The zero-order valence-corrected chi connectivity index (χ0v) is 14.9. The number of hydrogen-bond acceptors (Lipinski definition) is 3. The number of carbonyl (C=O) groups is 1. The average molecular weight is 391 g/mol. The van der Waals surface area contributed by atoms with Crippen LogP contribution in [0.25, 0.3) is 10.1 Å². The van der Waals surface area contributed by atoms with Gasteiger partial charge in [-0.25, -0.2) is 0 Å². The molecule has 1 aromatic heterocycles. The number of carbonyl (C=O) groups excluding carboxylic acids is 1. The predicted molar refractivity (Wildman–Crippen MR) is 96.8 cm³/mol. The molecule has 1 amide bonds. The van der Waals surface area contributed by atoms with Gasteiger partial charge >= 0.3 is 0 Å². The summed E-state index contributed by atoms with van der Waals surface area (Å²) in [4.78, 5) is 24.7. The first kappa shape index (κ1) is 16.0. The lowest BCUT2D eigenvalue weighted by Gasteiger charge is -2.12. The second-order valence-corrected chi connectivity index (χ2v) is 7.17. The van der Waals surface area contributed by atoms with Crippen LogP contribution >= 0.6 is 27.5 Å². The van der Waals surface area contributed by atoms with Gasteiger partial charge in [-0.1, -0.05) is 51.7 Å². The van der Waals surface area contributed by atoms with Gasteiger partial charge in [-0.15, -0.1) is 0 Å². The molecule has 118 valence electrons. The summed E-state index contributed by atoms with van der Waals surface area (Å²) in [5.41, 5.74) is 0.888. The van der Waals surface area contributed by atoms with Crippen molar-refractivity contribution >= 4 is 43.5 Å². The molecule has 0 aliphatic carbocycles. The van der Waals surface area contributed by atoms with Crippen molar-refractivity contribution in [3.05, 3.63) is 68.9 Å². The number of aromatic nitrogens is 1. The van der Waals surface area contributed by atoms with Crippen LogP contribution in [0.2, 0.25) is 0 Å². The highest BCUT2D eigenvalue weighted by Crippen LogP contribution is 2.19. The van der Waals surface area contributed by atoms with Crippen LogP contribution in [0.15, 0.2) is 57.8 Å². The topological polar surface area (TPSA) is 51.1 Å². The maximum atomic E-state index is 12.4. The van der Waals surface area contributed by atoms with E-state index in [4.69, 9.17) is 0 Å². The lowest BCUT2D eigenvalue weighted by Crippen LogP contribution is -2.33. The van der Waals surface area contributed by atoms with Crippen LogP contribution < -0.4 is 10.9 Å². The summed E-state index contributed by atoms with van der Waals surface area (Å²) >= 11 is 4.73. The van der Waals surface area contributed by atoms with Crippen molar-refractivity contribution in [3.8, 4) is 0 Å². The Morgan fingerprint density at radius 1 is 1.26 bits per heavy atom. The SMILES string of the molecule is CC(C(=O)NCc1cccc(Br)c1)n1sc2ccccc2c1=O. The van der Waals surface area contributed by atoms with Crippen molar-refractivity contribution in [3.63, 3.8) is 0 Å². The first-order valence-corrected chi connectivity index (χ1v) is 8.75. The maximum absolute atomic E-state index is 12.4. The number of hydrogen-bond donors (Lipinski definition) is 1. The molecule has 3 aromatic rings. The molecule has 3 rings (SSSR count). The van der Waals surface area contributed by atoms with Gasteiger partial charge in [0.05, 0.1) is 10.1 Å². The quantitative estimate of drug-likeness (QED) is 0.738. The minimum absolute atomic E-state index is 0.115. The summed E-state index contributed by atoms with van der Waals surface area (Å²) in [5.74, 6) is -0.168. The highest BCUT2D eigenvalue weighted by molar-refractivity contribution is 9.10. The van der Waals surface area contributed by atoms with Crippen molar-refractivity contribution in [1.29, 1.82) is 0 Å². The molecule has 0 fully saturated rings. The van der Waals surface area contributed by atoms with E-state index in [1.807, 2.05) is 42.5 Å². The molecule has 0 bridgehead atoms. The van der Waals surface area contributed by atoms with Crippen LogP contribution in [-0.4, -0.2) is 9.86 Å². The molecule has 0 aliphatic rings. The number of nitrogens with zero attached hydrogens (tertiary/aromatic N) is 1. The first-order chi connectivity index (χ1) is 11.1. The molecule has 6 heteroatoms. The van der Waals surface area contributed by atoms with Gasteiger partial charge in [0.25, 0.3) is 5.56 Å². The van der Waals surface area contributed by atoms with Gasteiger partial charge in [-0.3, -0.25) is 13.5 Å². The van der Waals surface area contributed by atoms with E-state index in [0.717, 1.165) is 14.7 Å². The Balaban J connectivity index is 1.76. The Hall–Kier alpha value is -1.92. The van der Waals surface area contributed by atoms with Gasteiger partial charge in [-0.05, 0) is 36.8 Å². The summed E-state index contributed by atoms with van der Waals surface area (Å²) in [5, 5.41) is 3.54. The summed E-state index contributed by atoms with van der Waals surface area (Å²) in [7, 11) is 0. The zero-order valence-electron chi connectivity index (χ0n) is 12.5. The number of amides is 1. The molecule has 1 unspecified atom stereocenters. The molecule has 0 aliphatic heterocycles. The Bertz CT molecular complexity index is 916. The molecule has 2 aromatic carbocycles. The molecule has 1 heterocycles. The molecule has 1 atom stereocenters. The summed E-state index contributed by atoms with van der Waals surface area (Å²) in [6.07, 6.45) is 0. The van der Waals surface area contributed by atoms with E-state index in [9.17, 15) is 9.59 Å². The van der Waals surface area contributed by atoms with E-state index >= 15 is 0 Å². The Morgan fingerprint density at radius 3 is 2.78 bits per heavy atom. The zero-order chi connectivity index (χ0) is 16.4. The van der Waals surface area contributed by atoms with Crippen molar-refractivity contribution in [2.45, 2.75) is 19.5 Å². The van der Waals surface area contributed by atoms with Crippen LogP contribution in [0.4, 0.5) is 0 Å². The third kappa shape index (κ3) is 3.38.